The van der Waals surface area contributed by atoms with Gasteiger partial charge in [0.05, 0.1) is 6.42 Å². The molecule has 1 fully saturated rings. The Morgan fingerprint density at radius 1 is 1.09 bits per heavy atom. The molecule has 0 atom stereocenters. The van der Waals surface area contributed by atoms with Gasteiger partial charge in [-0.2, -0.15) is 11.3 Å². The first-order chi connectivity index (χ1) is 11.3. The molecule has 0 bridgehead atoms. The van der Waals surface area contributed by atoms with Crippen molar-refractivity contribution in [1.82, 2.24) is 4.90 Å². The van der Waals surface area contributed by atoms with Gasteiger partial charge in [0.1, 0.15) is 0 Å². The number of carbonyl (C=O) groups is 1. The molecule has 0 N–H and O–H groups in total. The molecular formula is C20H19NOS. The first-order valence-corrected chi connectivity index (χ1v) is 9.03. The van der Waals surface area contributed by atoms with Gasteiger partial charge >= 0.3 is 0 Å². The van der Waals surface area contributed by atoms with Gasteiger partial charge in [-0.25, -0.2) is 0 Å². The molecule has 1 heterocycles. The minimum Gasteiger partial charge on any atom is -0.335 e. The third-order valence-corrected chi connectivity index (χ3v) is 5.19. The van der Waals surface area contributed by atoms with E-state index < -0.39 is 0 Å². The molecule has 0 saturated heterocycles. The molecule has 1 amide bonds. The van der Waals surface area contributed by atoms with Crippen molar-refractivity contribution in [1.29, 1.82) is 0 Å². The molecule has 4 rings (SSSR count). The summed E-state index contributed by atoms with van der Waals surface area (Å²) in [6, 6.07) is 17.1. The van der Waals surface area contributed by atoms with Crippen LogP contribution >= 0.6 is 11.3 Å². The van der Waals surface area contributed by atoms with Gasteiger partial charge in [0.15, 0.2) is 0 Å². The molecule has 0 aliphatic heterocycles. The molecule has 0 unspecified atom stereocenters. The Labute approximate surface area is 140 Å². The molecule has 116 valence electrons. The maximum Gasteiger partial charge on any atom is 0.227 e. The summed E-state index contributed by atoms with van der Waals surface area (Å²) < 4.78 is 0. The highest BCUT2D eigenvalue weighted by Crippen LogP contribution is 2.30. The Morgan fingerprint density at radius 3 is 2.70 bits per heavy atom. The average Bonchev–Trinajstić information content (AvgIpc) is 3.29. The quantitative estimate of drug-likeness (QED) is 0.670. The summed E-state index contributed by atoms with van der Waals surface area (Å²) in [5, 5.41) is 6.61. The molecule has 2 nitrogen and oxygen atoms in total. The van der Waals surface area contributed by atoms with Gasteiger partial charge in [-0.1, -0.05) is 42.5 Å². The van der Waals surface area contributed by atoms with Crippen molar-refractivity contribution in [2.45, 2.75) is 31.8 Å². The van der Waals surface area contributed by atoms with E-state index in [9.17, 15) is 4.79 Å². The Hall–Kier alpha value is -2.13. The fourth-order valence-corrected chi connectivity index (χ4v) is 3.76. The Morgan fingerprint density at radius 2 is 1.91 bits per heavy atom. The minimum atomic E-state index is 0.245. The SMILES string of the molecule is O=C(Cc1cccc2ccccc12)N(Cc1ccsc1)C1CC1. The normalized spacial score (nSPS) is 14.1. The van der Waals surface area contributed by atoms with Crippen LogP contribution in [0.2, 0.25) is 0 Å². The van der Waals surface area contributed by atoms with E-state index in [0.29, 0.717) is 12.5 Å². The number of rotatable bonds is 5. The second kappa shape index (κ2) is 6.17. The summed E-state index contributed by atoms with van der Waals surface area (Å²) in [5.41, 5.74) is 2.37. The van der Waals surface area contributed by atoms with Crippen LogP contribution in [0.25, 0.3) is 10.8 Å². The lowest BCUT2D eigenvalue weighted by molar-refractivity contribution is -0.131. The highest BCUT2D eigenvalue weighted by molar-refractivity contribution is 7.07. The number of thiophene rings is 1. The molecule has 1 aliphatic carbocycles. The Kier molecular flexibility index (Phi) is 3.88. The van der Waals surface area contributed by atoms with Gasteiger partial charge in [0.2, 0.25) is 5.91 Å². The van der Waals surface area contributed by atoms with Crippen LogP contribution in [-0.4, -0.2) is 16.8 Å². The second-order valence-corrected chi connectivity index (χ2v) is 6.98. The molecule has 3 aromatic rings. The third-order valence-electron chi connectivity index (χ3n) is 4.46. The van der Waals surface area contributed by atoms with Gasteiger partial charge < -0.3 is 4.90 Å². The van der Waals surface area contributed by atoms with E-state index >= 15 is 0 Å². The van der Waals surface area contributed by atoms with Crippen LogP contribution in [-0.2, 0) is 17.8 Å². The number of hydrogen-bond donors (Lipinski definition) is 0. The molecule has 2 aromatic carbocycles. The zero-order chi connectivity index (χ0) is 15.6. The largest absolute Gasteiger partial charge is 0.335 e. The summed E-state index contributed by atoms with van der Waals surface area (Å²) in [7, 11) is 0. The van der Waals surface area contributed by atoms with Crippen molar-refractivity contribution in [3.63, 3.8) is 0 Å². The first kappa shape index (κ1) is 14.5. The summed E-state index contributed by atoms with van der Waals surface area (Å²) in [6.07, 6.45) is 2.78. The zero-order valence-electron chi connectivity index (χ0n) is 12.9. The zero-order valence-corrected chi connectivity index (χ0v) is 13.8. The number of benzene rings is 2. The summed E-state index contributed by atoms with van der Waals surface area (Å²) in [6.45, 7) is 0.748. The minimum absolute atomic E-state index is 0.245. The number of amides is 1. The van der Waals surface area contributed by atoms with Crippen LogP contribution in [0, 0.1) is 0 Å². The summed E-state index contributed by atoms with van der Waals surface area (Å²) in [4.78, 5) is 15.0. The van der Waals surface area contributed by atoms with Crippen LogP contribution in [0.15, 0.2) is 59.3 Å². The lowest BCUT2D eigenvalue weighted by Gasteiger charge is -2.22. The summed E-state index contributed by atoms with van der Waals surface area (Å²) >= 11 is 1.69. The van der Waals surface area contributed by atoms with Gasteiger partial charge in [-0.3, -0.25) is 4.79 Å². The number of fused-ring (bicyclic) bond motifs is 1. The third kappa shape index (κ3) is 3.15. The molecule has 3 heteroatoms. The van der Waals surface area contributed by atoms with Gasteiger partial charge in [0.25, 0.3) is 0 Å². The number of hydrogen-bond acceptors (Lipinski definition) is 2. The van der Waals surface area contributed by atoms with Gasteiger partial charge in [-0.15, -0.1) is 0 Å². The second-order valence-electron chi connectivity index (χ2n) is 6.20. The van der Waals surface area contributed by atoms with Crippen molar-refractivity contribution in [2.24, 2.45) is 0 Å². The molecule has 23 heavy (non-hydrogen) atoms. The topological polar surface area (TPSA) is 20.3 Å². The lowest BCUT2D eigenvalue weighted by Crippen LogP contribution is -2.33. The van der Waals surface area contributed by atoms with Crippen LogP contribution in [0.4, 0.5) is 0 Å². The van der Waals surface area contributed by atoms with E-state index in [-0.39, 0.29) is 5.91 Å². The van der Waals surface area contributed by atoms with E-state index in [0.717, 1.165) is 24.9 Å². The predicted molar refractivity (Wildman–Crippen MR) is 95.5 cm³/mol. The maximum absolute atomic E-state index is 12.9. The van der Waals surface area contributed by atoms with E-state index in [4.69, 9.17) is 0 Å². The molecule has 1 saturated carbocycles. The van der Waals surface area contributed by atoms with Crippen LogP contribution in [0.5, 0.6) is 0 Å². The molecule has 1 aromatic heterocycles. The standard InChI is InChI=1S/C20H19NOS/c22-20(21(18-8-9-18)13-15-10-11-23-14-15)12-17-6-3-5-16-4-1-2-7-19(16)17/h1-7,10-11,14,18H,8-9,12-13H2. The van der Waals surface area contributed by atoms with Gasteiger partial charge in [0, 0.05) is 12.6 Å². The molecule has 0 spiro atoms. The molecular weight excluding hydrogens is 302 g/mol. The highest BCUT2D eigenvalue weighted by Gasteiger charge is 2.32. The van der Waals surface area contributed by atoms with Crippen LogP contribution < -0.4 is 0 Å². The monoisotopic (exact) mass is 321 g/mol. The Bertz CT molecular complexity index is 815. The lowest BCUT2D eigenvalue weighted by atomic mass is 10.0. The smallest absolute Gasteiger partial charge is 0.227 e. The fraction of sp³-hybridized carbons (Fsp3) is 0.250. The van der Waals surface area contributed by atoms with E-state index in [1.807, 2.05) is 18.2 Å². The number of nitrogens with zero attached hydrogens (tertiary/aromatic N) is 1. The van der Waals surface area contributed by atoms with Crippen molar-refractivity contribution < 1.29 is 4.79 Å². The summed E-state index contributed by atoms with van der Waals surface area (Å²) in [5.74, 6) is 0.245. The van der Waals surface area contributed by atoms with E-state index in [1.54, 1.807) is 11.3 Å². The van der Waals surface area contributed by atoms with Crippen LogP contribution in [0.1, 0.15) is 24.0 Å². The first-order valence-electron chi connectivity index (χ1n) is 8.08. The number of carbonyl (C=O) groups excluding carboxylic acids is 1. The van der Waals surface area contributed by atoms with Gasteiger partial charge in [-0.05, 0) is 51.6 Å². The molecule has 1 aliphatic rings. The van der Waals surface area contributed by atoms with Crippen LogP contribution in [0.3, 0.4) is 0 Å². The van der Waals surface area contributed by atoms with Crippen molar-refractivity contribution in [2.75, 3.05) is 0 Å². The maximum atomic E-state index is 12.9. The van der Waals surface area contributed by atoms with Crippen molar-refractivity contribution in [3.8, 4) is 0 Å². The van der Waals surface area contributed by atoms with E-state index in [1.165, 1.54) is 16.3 Å². The highest BCUT2D eigenvalue weighted by atomic mass is 32.1. The average molecular weight is 321 g/mol. The predicted octanol–water partition coefficient (Wildman–Crippen LogP) is 4.64. The Balaban J connectivity index is 1.57. The van der Waals surface area contributed by atoms with Crippen molar-refractivity contribution in [3.05, 3.63) is 70.4 Å². The fourth-order valence-electron chi connectivity index (χ4n) is 3.10. The van der Waals surface area contributed by atoms with Crippen molar-refractivity contribution >= 4 is 28.0 Å². The van der Waals surface area contributed by atoms with E-state index in [2.05, 4.69) is 46.0 Å². The molecule has 0 radical (unpaired) electrons.